The fraction of sp³-hybridized carbons (Fsp3) is 0.350. The number of carbonyl (C=O) groups excluding carboxylic acids is 1. The van der Waals surface area contributed by atoms with Crippen LogP contribution in [-0.4, -0.2) is 24.6 Å². The van der Waals surface area contributed by atoms with E-state index in [1.54, 1.807) is 29.2 Å². The summed E-state index contributed by atoms with van der Waals surface area (Å²) in [6.45, 7) is 1.34. The maximum Gasteiger partial charge on any atom is 0.419 e. The predicted molar refractivity (Wildman–Crippen MR) is 108 cm³/mol. The number of halogens is 2. The number of nitrogens with zero attached hydrogens (tertiary/aromatic N) is 1. The number of carbonyl (C=O) groups is 1. The van der Waals surface area contributed by atoms with Gasteiger partial charge in [-0.2, -0.15) is 0 Å². The van der Waals surface area contributed by atoms with Crippen LogP contribution in [0.15, 0.2) is 42.5 Å². The molecule has 4 nitrogen and oxygen atoms in total. The lowest BCUT2D eigenvalue weighted by Crippen LogP contribution is -2.37. The summed E-state index contributed by atoms with van der Waals surface area (Å²) in [4.78, 5) is 14.3. The van der Waals surface area contributed by atoms with Crippen molar-refractivity contribution >= 4 is 39.3 Å². The number of rotatable bonds is 6. The van der Waals surface area contributed by atoms with Crippen molar-refractivity contribution in [2.24, 2.45) is 0 Å². The molecule has 1 amide bonds. The molecule has 1 aliphatic rings. The number of ether oxygens (including phenoxy) is 2. The molecular formula is C20H21BrClNO3. The summed E-state index contributed by atoms with van der Waals surface area (Å²) in [7, 11) is 0. The van der Waals surface area contributed by atoms with Gasteiger partial charge in [-0.1, -0.05) is 27.5 Å². The first kappa shape index (κ1) is 19.1. The molecule has 0 aromatic heterocycles. The third-order valence-electron chi connectivity index (χ3n) is 4.21. The third kappa shape index (κ3) is 4.92. The van der Waals surface area contributed by atoms with Crippen LogP contribution in [0.25, 0.3) is 0 Å². The van der Waals surface area contributed by atoms with Gasteiger partial charge in [0.25, 0.3) is 0 Å². The number of fused-ring (bicyclic) bond motifs is 1. The zero-order valence-electron chi connectivity index (χ0n) is 14.4. The smallest absolute Gasteiger partial charge is 0.419 e. The number of anilines is 1. The molecule has 0 saturated carbocycles. The van der Waals surface area contributed by atoms with Gasteiger partial charge in [-0.05, 0) is 73.7 Å². The van der Waals surface area contributed by atoms with Gasteiger partial charge < -0.3 is 9.47 Å². The molecule has 0 fully saturated rings. The zero-order valence-corrected chi connectivity index (χ0v) is 16.8. The molecule has 0 bridgehead atoms. The van der Waals surface area contributed by atoms with Crippen LogP contribution in [0.3, 0.4) is 0 Å². The Morgan fingerprint density at radius 1 is 1.12 bits per heavy atom. The van der Waals surface area contributed by atoms with Crippen molar-refractivity contribution in [3.05, 3.63) is 53.1 Å². The van der Waals surface area contributed by atoms with Gasteiger partial charge in [0.1, 0.15) is 11.5 Å². The number of amides is 1. The Labute approximate surface area is 167 Å². The Hall–Kier alpha value is -1.72. The average molecular weight is 439 g/mol. The standard InChI is InChI=1S/C20H21BrClNO3/c21-11-1-2-13-25-18-9-10-19-15(14-18)4-3-12-23(19)20(24)26-17-7-5-16(22)6-8-17/h5-10,14H,1-4,11-13H2. The fourth-order valence-corrected chi connectivity index (χ4v) is 3.42. The van der Waals surface area contributed by atoms with Gasteiger partial charge in [0.05, 0.1) is 12.3 Å². The maximum absolute atomic E-state index is 12.6. The Balaban J connectivity index is 1.67. The van der Waals surface area contributed by atoms with E-state index in [0.717, 1.165) is 48.0 Å². The van der Waals surface area contributed by atoms with Crippen LogP contribution in [0, 0.1) is 0 Å². The number of unbranched alkanes of at least 4 members (excludes halogenated alkanes) is 1. The zero-order chi connectivity index (χ0) is 18.4. The van der Waals surface area contributed by atoms with Crippen LogP contribution < -0.4 is 14.4 Å². The van der Waals surface area contributed by atoms with Crippen molar-refractivity contribution in [2.45, 2.75) is 25.7 Å². The molecular weight excluding hydrogens is 418 g/mol. The van der Waals surface area contributed by atoms with Crippen LogP contribution in [0.5, 0.6) is 11.5 Å². The van der Waals surface area contributed by atoms with E-state index in [0.29, 0.717) is 23.9 Å². The lowest BCUT2D eigenvalue weighted by Gasteiger charge is -2.29. The highest BCUT2D eigenvalue weighted by Crippen LogP contribution is 2.31. The average Bonchev–Trinajstić information content (AvgIpc) is 2.66. The number of alkyl halides is 1. The molecule has 1 heterocycles. The van der Waals surface area contributed by atoms with Crippen LogP contribution >= 0.6 is 27.5 Å². The first-order chi connectivity index (χ1) is 12.7. The monoisotopic (exact) mass is 437 g/mol. The molecule has 0 saturated heterocycles. The van der Waals surface area contributed by atoms with E-state index in [1.165, 1.54) is 0 Å². The normalized spacial score (nSPS) is 13.2. The van der Waals surface area contributed by atoms with Crippen molar-refractivity contribution < 1.29 is 14.3 Å². The van der Waals surface area contributed by atoms with E-state index in [4.69, 9.17) is 21.1 Å². The largest absolute Gasteiger partial charge is 0.494 e. The Morgan fingerprint density at radius 3 is 2.65 bits per heavy atom. The molecule has 0 unspecified atom stereocenters. The van der Waals surface area contributed by atoms with Gasteiger partial charge in [-0.3, -0.25) is 4.90 Å². The van der Waals surface area contributed by atoms with E-state index >= 15 is 0 Å². The van der Waals surface area contributed by atoms with Crippen molar-refractivity contribution in [3.8, 4) is 11.5 Å². The summed E-state index contributed by atoms with van der Waals surface area (Å²) in [5.74, 6) is 1.34. The summed E-state index contributed by atoms with van der Waals surface area (Å²) < 4.78 is 11.3. The molecule has 26 heavy (non-hydrogen) atoms. The molecule has 3 rings (SSSR count). The summed E-state index contributed by atoms with van der Waals surface area (Å²) in [5, 5.41) is 1.60. The molecule has 2 aromatic rings. The van der Waals surface area contributed by atoms with Crippen molar-refractivity contribution in [1.29, 1.82) is 0 Å². The molecule has 138 valence electrons. The van der Waals surface area contributed by atoms with E-state index in [2.05, 4.69) is 15.9 Å². The van der Waals surface area contributed by atoms with Crippen LogP contribution in [0.4, 0.5) is 10.5 Å². The molecule has 0 radical (unpaired) electrons. The Morgan fingerprint density at radius 2 is 1.88 bits per heavy atom. The summed E-state index contributed by atoms with van der Waals surface area (Å²) in [5.41, 5.74) is 2.00. The van der Waals surface area contributed by atoms with Gasteiger partial charge in [0, 0.05) is 16.9 Å². The van der Waals surface area contributed by atoms with Crippen LogP contribution in [0.1, 0.15) is 24.8 Å². The molecule has 2 aromatic carbocycles. The minimum atomic E-state index is -0.376. The van der Waals surface area contributed by atoms with Crippen molar-refractivity contribution in [2.75, 3.05) is 23.4 Å². The number of benzene rings is 2. The second-order valence-electron chi connectivity index (χ2n) is 6.11. The molecule has 1 aliphatic heterocycles. The topological polar surface area (TPSA) is 38.8 Å². The minimum Gasteiger partial charge on any atom is -0.494 e. The first-order valence-electron chi connectivity index (χ1n) is 8.74. The molecule has 0 aliphatic carbocycles. The van der Waals surface area contributed by atoms with E-state index in [-0.39, 0.29) is 6.09 Å². The second kappa shape index (κ2) is 9.28. The second-order valence-corrected chi connectivity index (χ2v) is 7.34. The van der Waals surface area contributed by atoms with Gasteiger partial charge in [0.2, 0.25) is 0 Å². The Bertz CT molecular complexity index is 751. The van der Waals surface area contributed by atoms with Crippen molar-refractivity contribution in [1.82, 2.24) is 0 Å². The van der Waals surface area contributed by atoms with Gasteiger partial charge in [0.15, 0.2) is 0 Å². The van der Waals surface area contributed by atoms with E-state index in [9.17, 15) is 4.79 Å². The first-order valence-corrected chi connectivity index (χ1v) is 10.2. The highest BCUT2D eigenvalue weighted by molar-refractivity contribution is 9.09. The molecule has 0 spiro atoms. The summed E-state index contributed by atoms with van der Waals surface area (Å²) >= 11 is 9.29. The van der Waals surface area contributed by atoms with Gasteiger partial charge in [-0.15, -0.1) is 0 Å². The summed E-state index contributed by atoms with van der Waals surface area (Å²) in [6.07, 6.45) is 3.56. The number of hydrogen-bond donors (Lipinski definition) is 0. The molecule has 6 heteroatoms. The number of aryl methyl sites for hydroxylation is 1. The van der Waals surface area contributed by atoms with Gasteiger partial charge in [-0.25, -0.2) is 4.79 Å². The lowest BCUT2D eigenvalue weighted by molar-refractivity contribution is 0.207. The predicted octanol–water partition coefficient (Wildman–Crippen LogP) is 5.85. The van der Waals surface area contributed by atoms with Crippen LogP contribution in [-0.2, 0) is 6.42 Å². The quantitative estimate of drug-likeness (QED) is 0.420. The summed E-state index contributed by atoms with van der Waals surface area (Å²) in [6, 6.07) is 12.7. The maximum atomic E-state index is 12.6. The van der Waals surface area contributed by atoms with Gasteiger partial charge >= 0.3 is 6.09 Å². The highest BCUT2D eigenvalue weighted by Gasteiger charge is 2.24. The number of hydrogen-bond acceptors (Lipinski definition) is 3. The van der Waals surface area contributed by atoms with E-state index in [1.807, 2.05) is 18.2 Å². The SMILES string of the molecule is O=C(Oc1ccc(Cl)cc1)N1CCCc2cc(OCCCCBr)ccc21. The Kier molecular flexibility index (Phi) is 6.80. The third-order valence-corrected chi connectivity index (χ3v) is 5.02. The lowest BCUT2D eigenvalue weighted by atomic mass is 10.0. The fourth-order valence-electron chi connectivity index (χ4n) is 2.90. The minimum absolute atomic E-state index is 0.376. The highest BCUT2D eigenvalue weighted by atomic mass is 79.9. The van der Waals surface area contributed by atoms with Crippen molar-refractivity contribution in [3.63, 3.8) is 0 Å². The van der Waals surface area contributed by atoms with Crippen LogP contribution in [0.2, 0.25) is 5.02 Å². The molecule has 0 N–H and O–H groups in total. The van der Waals surface area contributed by atoms with E-state index < -0.39 is 0 Å². The molecule has 0 atom stereocenters.